The number of hydrogen-bond donors (Lipinski definition) is 2. The summed E-state index contributed by atoms with van der Waals surface area (Å²) in [7, 11) is 0. The molecule has 2 aliphatic rings. The first-order valence-corrected chi connectivity index (χ1v) is 7.33. The van der Waals surface area contributed by atoms with Crippen molar-refractivity contribution in [3.05, 3.63) is 0 Å². The van der Waals surface area contributed by atoms with Gasteiger partial charge in [0.05, 0.1) is 13.2 Å². The van der Waals surface area contributed by atoms with Crippen LogP contribution in [0.1, 0.15) is 33.1 Å². The van der Waals surface area contributed by atoms with Crippen molar-refractivity contribution in [3.8, 4) is 0 Å². The maximum atomic E-state index is 5.58. The van der Waals surface area contributed by atoms with E-state index >= 15 is 0 Å². The molecule has 0 spiro atoms. The molecule has 2 fully saturated rings. The molecule has 1 aliphatic carbocycles. The van der Waals surface area contributed by atoms with Gasteiger partial charge in [-0.15, -0.1) is 0 Å². The van der Waals surface area contributed by atoms with Crippen molar-refractivity contribution in [2.24, 2.45) is 17.8 Å². The third-order valence-electron chi connectivity index (χ3n) is 4.15. The molecular formula is C14H28N2O. The second kappa shape index (κ2) is 6.72. The lowest BCUT2D eigenvalue weighted by molar-refractivity contribution is 0.182. The highest BCUT2D eigenvalue weighted by molar-refractivity contribution is 4.84. The van der Waals surface area contributed by atoms with Crippen LogP contribution in [0.2, 0.25) is 0 Å². The van der Waals surface area contributed by atoms with Gasteiger partial charge in [-0.3, -0.25) is 0 Å². The molecule has 0 amide bonds. The molecule has 2 N–H and O–H groups in total. The van der Waals surface area contributed by atoms with Crippen LogP contribution in [0, 0.1) is 17.8 Å². The van der Waals surface area contributed by atoms with Gasteiger partial charge in [-0.2, -0.15) is 0 Å². The highest BCUT2D eigenvalue weighted by Crippen LogP contribution is 2.36. The quantitative estimate of drug-likeness (QED) is 0.676. The van der Waals surface area contributed by atoms with Crippen LogP contribution in [0.3, 0.4) is 0 Å². The van der Waals surface area contributed by atoms with Gasteiger partial charge in [0.15, 0.2) is 0 Å². The van der Waals surface area contributed by atoms with Crippen molar-refractivity contribution < 1.29 is 4.74 Å². The fourth-order valence-corrected chi connectivity index (χ4v) is 2.68. The second-order valence-corrected chi connectivity index (χ2v) is 5.83. The van der Waals surface area contributed by atoms with Crippen LogP contribution >= 0.6 is 0 Å². The van der Waals surface area contributed by atoms with Crippen LogP contribution in [-0.4, -0.2) is 38.9 Å². The van der Waals surface area contributed by atoms with E-state index in [1.807, 2.05) is 0 Å². The Hall–Kier alpha value is -0.120. The van der Waals surface area contributed by atoms with Gasteiger partial charge in [0, 0.05) is 18.5 Å². The molecule has 3 atom stereocenters. The number of rotatable bonds is 8. The summed E-state index contributed by atoms with van der Waals surface area (Å²) in [4.78, 5) is 0. The molecule has 3 unspecified atom stereocenters. The fraction of sp³-hybridized carbons (Fsp3) is 1.00. The summed E-state index contributed by atoms with van der Waals surface area (Å²) < 4.78 is 5.58. The number of ether oxygens (including phenoxy) is 1. The smallest absolute Gasteiger partial charge is 0.0623 e. The van der Waals surface area contributed by atoms with E-state index in [4.69, 9.17) is 4.74 Å². The lowest BCUT2D eigenvalue weighted by Gasteiger charge is -2.20. The van der Waals surface area contributed by atoms with Crippen LogP contribution in [0.5, 0.6) is 0 Å². The van der Waals surface area contributed by atoms with Crippen LogP contribution in [0.4, 0.5) is 0 Å². The van der Waals surface area contributed by atoms with E-state index in [0.29, 0.717) is 12.0 Å². The summed E-state index contributed by atoms with van der Waals surface area (Å²) in [6, 6.07) is 0.568. The molecule has 3 nitrogen and oxygen atoms in total. The summed E-state index contributed by atoms with van der Waals surface area (Å²) >= 11 is 0. The lowest BCUT2D eigenvalue weighted by Crippen LogP contribution is -2.41. The molecule has 0 bridgehead atoms. The van der Waals surface area contributed by atoms with Crippen molar-refractivity contribution >= 4 is 0 Å². The lowest BCUT2D eigenvalue weighted by atomic mass is 10.0. The minimum atomic E-state index is 0.568. The molecule has 100 valence electrons. The Morgan fingerprint density at radius 3 is 2.82 bits per heavy atom. The zero-order valence-corrected chi connectivity index (χ0v) is 11.4. The van der Waals surface area contributed by atoms with E-state index < -0.39 is 0 Å². The van der Waals surface area contributed by atoms with Gasteiger partial charge in [0.1, 0.15) is 0 Å². The predicted molar refractivity (Wildman–Crippen MR) is 71.1 cm³/mol. The van der Waals surface area contributed by atoms with Crippen LogP contribution in [-0.2, 0) is 4.74 Å². The van der Waals surface area contributed by atoms with Crippen molar-refractivity contribution in [1.29, 1.82) is 0 Å². The predicted octanol–water partition coefficient (Wildman–Crippen LogP) is 1.64. The number of nitrogens with one attached hydrogen (secondary N) is 2. The zero-order valence-electron chi connectivity index (χ0n) is 11.4. The topological polar surface area (TPSA) is 33.3 Å². The second-order valence-electron chi connectivity index (χ2n) is 5.83. The summed E-state index contributed by atoms with van der Waals surface area (Å²) in [6.45, 7) is 9.82. The first kappa shape index (κ1) is 13.3. The SMILES string of the molecule is CCCNC1COCC1CNCC(C)C1CC1. The van der Waals surface area contributed by atoms with Crippen LogP contribution in [0.25, 0.3) is 0 Å². The minimum Gasteiger partial charge on any atom is -0.379 e. The third-order valence-corrected chi connectivity index (χ3v) is 4.15. The Labute approximate surface area is 106 Å². The molecule has 1 aliphatic heterocycles. The highest BCUT2D eigenvalue weighted by atomic mass is 16.5. The van der Waals surface area contributed by atoms with E-state index in [2.05, 4.69) is 24.5 Å². The molecule has 3 heteroatoms. The van der Waals surface area contributed by atoms with Crippen molar-refractivity contribution in [1.82, 2.24) is 10.6 Å². The summed E-state index contributed by atoms with van der Waals surface area (Å²) in [6.07, 6.45) is 4.11. The maximum absolute atomic E-state index is 5.58. The third kappa shape index (κ3) is 4.23. The zero-order chi connectivity index (χ0) is 12.1. The molecule has 0 aromatic rings. The Bertz CT molecular complexity index is 218. The van der Waals surface area contributed by atoms with Crippen LogP contribution < -0.4 is 10.6 Å². The Morgan fingerprint density at radius 1 is 1.29 bits per heavy atom. The maximum Gasteiger partial charge on any atom is 0.0623 e. The Morgan fingerprint density at radius 2 is 2.12 bits per heavy atom. The van der Waals surface area contributed by atoms with E-state index in [9.17, 15) is 0 Å². The average Bonchev–Trinajstić information content (AvgIpc) is 3.09. The minimum absolute atomic E-state index is 0.568. The van der Waals surface area contributed by atoms with Crippen molar-refractivity contribution in [2.75, 3.05) is 32.8 Å². The standard InChI is InChI=1S/C14H28N2O/c1-3-6-16-14-10-17-9-13(14)8-15-7-11(2)12-4-5-12/h11-16H,3-10H2,1-2H3. The first-order valence-electron chi connectivity index (χ1n) is 7.33. The van der Waals surface area contributed by atoms with Gasteiger partial charge in [-0.1, -0.05) is 13.8 Å². The van der Waals surface area contributed by atoms with E-state index in [1.165, 1.54) is 25.8 Å². The normalized spacial score (nSPS) is 30.7. The molecule has 17 heavy (non-hydrogen) atoms. The molecule has 2 rings (SSSR count). The van der Waals surface area contributed by atoms with E-state index in [1.54, 1.807) is 0 Å². The fourth-order valence-electron chi connectivity index (χ4n) is 2.68. The molecule has 0 radical (unpaired) electrons. The Balaban J connectivity index is 1.59. The largest absolute Gasteiger partial charge is 0.379 e. The van der Waals surface area contributed by atoms with Gasteiger partial charge in [-0.05, 0) is 44.2 Å². The molecule has 1 saturated carbocycles. The first-order chi connectivity index (χ1) is 8.31. The summed E-state index contributed by atoms with van der Waals surface area (Å²) in [5.74, 6) is 2.53. The molecule has 0 aromatic carbocycles. The summed E-state index contributed by atoms with van der Waals surface area (Å²) in [5, 5.41) is 7.22. The molecule has 1 heterocycles. The summed E-state index contributed by atoms with van der Waals surface area (Å²) in [5.41, 5.74) is 0. The monoisotopic (exact) mass is 240 g/mol. The van der Waals surface area contributed by atoms with Gasteiger partial charge < -0.3 is 15.4 Å². The highest BCUT2D eigenvalue weighted by Gasteiger charge is 2.29. The molecule has 0 aromatic heterocycles. The number of hydrogen-bond acceptors (Lipinski definition) is 3. The van der Waals surface area contributed by atoms with Crippen LogP contribution in [0.15, 0.2) is 0 Å². The van der Waals surface area contributed by atoms with E-state index in [0.717, 1.165) is 38.1 Å². The molecular weight excluding hydrogens is 212 g/mol. The van der Waals surface area contributed by atoms with Crippen molar-refractivity contribution in [2.45, 2.75) is 39.2 Å². The van der Waals surface area contributed by atoms with E-state index in [-0.39, 0.29) is 0 Å². The van der Waals surface area contributed by atoms with Gasteiger partial charge >= 0.3 is 0 Å². The van der Waals surface area contributed by atoms with Gasteiger partial charge in [0.25, 0.3) is 0 Å². The van der Waals surface area contributed by atoms with Gasteiger partial charge in [-0.25, -0.2) is 0 Å². The van der Waals surface area contributed by atoms with Gasteiger partial charge in [0.2, 0.25) is 0 Å². The Kier molecular flexibility index (Phi) is 5.26. The average molecular weight is 240 g/mol. The van der Waals surface area contributed by atoms with Crippen molar-refractivity contribution in [3.63, 3.8) is 0 Å². The molecule has 1 saturated heterocycles.